The molecule has 1 aliphatic rings. The number of ether oxygens (including phenoxy) is 1. The third-order valence-electron chi connectivity index (χ3n) is 5.80. The molecule has 0 bridgehead atoms. The molecule has 1 aliphatic carbocycles. The first-order valence-electron chi connectivity index (χ1n) is 10.1. The number of aromatic nitrogens is 1. The average Bonchev–Trinajstić information content (AvgIpc) is 2.78. The Bertz CT molecular complexity index is 1090. The van der Waals surface area contributed by atoms with Gasteiger partial charge >= 0.3 is 5.97 Å². The molecule has 1 fully saturated rings. The monoisotopic (exact) mass is 404 g/mol. The summed E-state index contributed by atoms with van der Waals surface area (Å²) in [5.41, 5.74) is 2.31. The molecule has 0 unspecified atom stereocenters. The highest BCUT2D eigenvalue weighted by Crippen LogP contribution is 2.32. The van der Waals surface area contributed by atoms with Gasteiger partial charge in [-0.2, -0.15) is 0 Å². The molecule has 2 N–H and O–H groups in total. The zero-order valence-corrected chi connectivity index (χ0v) is 16.8. The van der Waals surface area contributed by atoms with Gasteiger partial charge in [-0.3, -0.25) is 14.6 Å². The second-order valence-electron chi connectivity index (χ2n) is 7.68. The number of amides is 1. The summed E-state index contributed by atoms with van der Waals surface area (Å²) in [5, 5.41) is 14.7. The number of fused-ring (bicyclic) bond motifs is 1. The number of aromatic hydroxyl groups is 1. The van der Waals surface area contributed by atoms with Gasteiger partial charge in [-0.05, 0) is 54.2 Å². The van der Waals surface area contributed by atoms with Crippen LogP contribution >= 0.6 is 0 Å². The molecule has 0 saturated heterocycles. The zero-order chi connectivity index (χ0) is 21.1. The topological polar surface area (TPSA) is 88.5 Å². The van der Waals surface area contributed by atoms with E-state index in [9.17, 15) is 14.7 Å². The van der Waals surface area contributed by atoms with Crippen molar-refractivity contribution in [1.29, 1.82) is 0 Å². The van der Waals surface area contributed by atoms with Gasteiger partial charge in [-0.1, -0.05) is 30.3 Å². The van der Waals surface area contributed by atoms with Crippen molar-refractivity contribution in [3.63, 3.8) is 0 Å². The van der Waals surface area contributed by atoms with E-state index in [0.717, 1.165) is 47.6 Å². The number of hydrogen-bond acceptors (Lipinski definition) is 5. The molecule has 1 amide bonds. The first-order valence-corrected chi connectivity index (χ1v) is 10.1. The number of benzene rings is 2. The third-order valence-corrected chi connectivity index (χ3v) is 5.80. The van der Waals surface area contributed by atoms with Crippen LogP contribution < -0.4 is 5.32 Å². The Morgan fingerprint density at radius 3 is 2.50 bits per heavy atom. The summed E-state index contributed by atoms with van der Waals surface area (Å²) in [5.74, 6) is -0.253. The molecule has 1 heterocycles. The number of methoxy groups -OCH3 is 1. The van der Waals surface area contributed by atoms with Crippen molar-refractivity contribution in [2.45, 2.75) is 31.7 Å². The fourth-order valence-corrected chi connectivity index (χ4v) is 4.24. The quantitative estimate of drug-likeness (QED) is 0.640. The maximum atomic E-state index is 13.0. The highest BCUT2D eigenvalue weighted by atomic mass is 16.5. The molecule has 0 atom stereocenters. The Kier molecular flexibility index (Phi) is 5.65. The van der Waals surface area contributed by atoms with E-state index in [1.807, 2.05) is 36.4 Å². The molecular formula is C24H24N2O4. The second-order valence-corrected chi connectivity index (χ2v) is 7.68. The average molecular weight is 404 g/mol. The maximum Gasteiger partial charge on any atom is 0.308 e. The van der Waals surface area contributed by atoms with E-state index in [0.29, 0.717) is 5.56 Å². The summed E-state index contributed by atoms with van der Waals surface area (Å²) in [7, 11) is 1.41. The molecule has 154 valence electrons. The Hall–Kier alpha value is -3.41. The molecule has 6 nitrogen and oxygen atoms in total. The Morgan fingerprint density at radius 1 is 1.03 bits per heavy atom. The number of nitrogens with one attached hydrogen (secondary N) is 1. The van der Waals surface area contributed by atoms with Crippen LogP contribution in [0, 0.1) is 5.92 Å². The van der Waals surface area contributed by atoms with Crippen LogP contribution in [0.15, 0.2) is 54.9 Å². The van der Waals surface area contributed by atoms with Crippen LogP contribution in [0.3, 0.4) is 0 Å². The summed E-state index contributed by atoms with van der Waals surface area (Å²) < 4.78 is 4.83. The van der Waals surface area contributed by atoms with Crippen LogP contribution in [0.5, 0.6) is 5.75 Å². The number of rotatable bonds is 4. The van der Waals surface area contributed by atoms with Crippen LogP contribution in [0.2, 0.25) is 0 Å². The zero-order valence-electron chi connectivity index (χ0n) is 16.8. The van der Waals surface area contributed by atoms with Crippen LogP contribution in [-0.2, 0) is 9.53 Å². The molecule has 0 spiro atoms. The molecule has 0 radical (unpaired) electrons. The van der Waals surface area contributed by atoms with E-state index in [2.05, 4.69) is 10.3 Å². The van der Waals surface area contributed by atoms with E-state index < -0.39 is 0 Å². The van der Waals surface area contributed by atoms with Gasteiger partial charge < -0.3 is 15.2 Å². The SMILES string of the molecule is COC(=O)C1CCC(NC(=O)c2cccc3c(-c4cncc(O)c4)cccc23)CC1. The predicted octanol–water partition coefficient (Wildman–Crippen LogP) is 4.07. The summed E-state index contributed by atoms with van der Waals surface area (Å²) in [6.07, 6.45) is 6.06. The van der Waals surface area contributed by atoms with Gasteiger partial charge in [0.15, 0.2) is 0 Å². The van der Waals surface area contributed by atoms with Crippen molar-refractivity contribution in [3.8, 4) is 16.9 Å². The molecule has 1 aromatic heterocycles. The van der Waals surface area contributed by atoms with Crippen molar-refractivity contribution in [3.05, 3.63) is 60.4 Å². The van der Waals surface area contributed by atoms with Crippen molar-refractivity contribution in [2.75, 3.05) is 7.11 Å². The maximum absolute atomic E-state index is 13.0. The van der Waals surface area contributed by atoms with Crippen LogP contribution in [0.4, 0.5) is 0 Å². The lowest BCUT2D eigenvalue weighted by molar-refractivity contribution is -0.146. The number of nitrogens with zero attached hydrogens (tertiary/aromatic N) is 1. The summed E-state index contributed by atoms with van der Waals surface area (Å²) >= 11 is 0. The van der Waals surface area contributed by atoms with Gasteiger partial charge in [-0.15, -0.1) is 0 Å². The Balaban J connectivity index is 1.57. The van der Waals surface area contributed by atoms with E-state index in [-0.39, 0.29) is 29.6 Å². The molecule has 6 heteroatoms. The number of pyridine rings is 1. The van der Waals surface area contributed by atoms with E-state index in [1.54, 1.807) is 12.3 Å². The highest BCUT2D eigenvalue weighted by Gasteiger charge is 2.28. The van der Waals surface area contributed by atoms with Gasteiger partial charge in [0.05, 0.1) is 19.2 Å². The second kappa shape index (κ2) is 8.53. The van der Waals surface area contributed by atoms with Crippen LogP contribution in [0.1, 0.15) is 36.0 Å². The molecule has 2 aromatic carbocycles. The van der Waals surface area contributed by atoms with Crippen molar-refractivity contribution in [2.24, 2.45) is 5.92 Å². The van der Waals surface area contributed by atoms with Crippen molar-refractivity contribution in [1.82, 2.24) is 10.3 Å². The Labute approximate surface area is 174 Å². The van der Waals surface area contributed by atoms with Crippen LogP contribution in [-0.4, -0.2) is 35.1 Å². The fraction of sp³-hybridized carbons (Fsp3) is 0.292. The molecule has 1 saturated carbocycles. The Morgan fingerprint density at radius 2 is 1.77 bits per heavy atom. The van der Waals surface area contributed by atoms with E-state index in [1.165, 1.54) is 13.3 Å². The summed E-state index contributed by atoms with van der Waals surface area (Å²) in [6.45, 7) is 0. The lowest BCUT2D eigenvalue weighted by Gasteiger charge is -2.27. The van der Waals surface area contributed by atoms with Gasteiger partial charge in [-0.25, -0.2) is 0 Å². The minimum absolute atomic E-state index is 0.0483. The standard InChI is InChI=1S/C24H24N2O4/c1-30-24(29)15-8-10-17(11-9-15)26-23(28)22-7-3-5-20-19(4-2-6-21(20)22)16-12-18(27)14-25-13-16/h2-7,12-15,17,27H,8-11H2,1H3,(H,26,28). The molecule has 0 aliphatic heterocycles. The van der Waals surface area contributed by atoms with Gasteiger partial charge in [0.25, 0.3) is 5.91 Å². The van der Waals surface area contributed by atoms with Gasteiger partial charge in [0.1, 0.15) is 5.75 Å². The third kappa shape index (κ3) is 3.99. The van der Waals surface area contributed by atoms with Crippen LogP contribution in [0.25, 0.3) is 21.9 Å². The lowest BCUT2D eigenvalue weighted by atomic mass is 9.86. The summed E-state index contributed by atoms with van der Waals surface area (Å²) in [4.78, 5) is 28.8. The van der Waals surface area contributed by atoms with Gasteiger partial charge in [0.2, 0.25) is 0 Å². The fourth-order valence-electron chi connectivity index (χ4n) is 4.24. The largest absolute Gasteiger partial charge is 0.506 e. The minimum Gasteiger partial charge on any atom is -0.506 e. The number of hydrogen-bond donors (Lipinski definition) is 2. The minimum atomic E-state index is -0.164. The van der Waals surface area contributed by atoms with E-state index >= 15 is 0 Å². The summed E-state index contributed by atoms with van der Waals surface area (Å²) in [6, 6.07) is 13.1. The molecule has 3 aromatic rings. The molecule has 30 heavy (non-hydrogen) atoms. The van der Waals surface area contributed by atoms with Crippen molar-refractivity contribution >= 4 is 22.6 Å². The number of esters is 1. The molecule has 4 rings (SSSR count). The number of carbonyl (C=O) groups is 2. The number of carbonyl (C=O) groups excluding carboxylic acids is 2. The molecular weight excluding hydrogens is 380 g/mol. The lowest BCUT2D eigenvalue weighted by Crippen LogP contribution is -2.39. The first-order chi connectivity index (χ1) is 14.6. The highest BCUT2D eigenvalue weighted by molar-refractivity contribution is 6.10. The van der Waals surface area contributed by atoms with E-state index in [4.69, 9.17) is 4.74 Å². The normalized spacial score (nSPS) is 18.7. The van der Waals surface area contributed by atoms with Crippen molar-refractivity contribution < 1.29 is 19.4 Å². The predicted molar refractivity (Wildman–Crippen MR) is 114 cm³/mol. The van der Waals surface area contributed by atoms with Gasteiger partial charge in [0, 0.05) is 23.4 Å². The smallest absolute Gasteiger partial charge is 0.308 e. The first kappa shape index (κ1) is 19.9.